The summed E-state index contributed by atoms with van der Waals surface area (Å²) in [5, 5.41) is 0. The summed E-state index contributed by atoms with van der Waals surface area (Å²) in [6.45, 7) is 7.46. The number of rotatable bonds is 2. The molecule has 1 rings (SSSR count). The molecule has 1 fully saturated rings. The van der Waals surface area contributed by atoms with E-state index in [9.17, 15) is 4.79 Å². The highest BCUT2D eigenvalue weighted by molar-refractivity contribution is 5.80. The van der Waals surface area contributed by atoms with E-state index < -0.39 is 0 Å². The molecule has 0 spiro atoms. The SMILES string of the molecule is [CH2]C(=O)N1CCC(CCC)C1. The van der Waals surface area contributed by atoms with E-state index in [0.29, 0.717) is 0 Å². The second-order valence-electron chi connectivity index (χ2n) is 3.28. The molecule has 1 atom stereocenters. The second-order valence-corrected chi connectivity index (χ2v) is 3.28. The quantitative estimate of drug-likeness (QED) is 0.589. The van der Waals surface area contributed by atoms with Gasteiger partial charge in [0.25, 0.3) is 0 Å². The molecule has 1 radical (unpaired) electrons. The lowest BCUT2D eigenvalue weighted by Gasteiger charge is -2.12. The van der Waals surface area contributed by atoms with Crippen LogP contribution in [-0.4, -0.2) is 23.9 Å². The number of nitrogens with zero attached hydrogens (tertiary/aromatic N) is 1. The van der Waals surface area contributed by atoms with Crippen molar-refractivity contribution >= 4 is 5.91 Å². The summed E-state index contributed by atoms with van der Waals surface area (Å²) in [6.07, 6.45) is 3.66. The Hall–Kier alpha value is -0.530. The third kappa shape index (κ3) is 2.21. The molecule has 1 aliphatic rings. The number of carbonyl (C=O) groups is 1. The lowest BCUT2D eigenvalue weighted by atomic mass is 10.0. The smallest absolute Gasteiger partial charge is 0.223 e. The first kappa shape index (κ1) is 8.57. The highest BCUT2D eigenvalue weighted by Crippen LogP contribution is 2.20. The van der Waals surface area contributed by atoms with Crippen molar-refractivity contribution in [3.8, 4) is 0 Å². The molecule has 1 amide bonds. The van der Waals surface area contributed by atoms with Crippen molar-refractivity contribution in [2.45, 2.75) is 26.2 Å². The minimum absolute atomic E-state index is 0.0106. The van der Waals surface area contributed by atoms with Crippen LogP contribution in [0.3, 0.4) is 0 Å². The van der Waals surface area contributed by atoms with Crippen LogP contribution in [-0.2, 0) is 4.79 Å². The van der Waals surface area contributed by atoms with Gasteiger partial charge in [0.1, 0.15) is 0 Å². The van der Waals surface area contributed by atoms with E-state index in [1.165, 1.54) is 19.3 Å². The zero-order chi connectivity index (χ0) is 8.27. The Morgan fingerprint density at radius 2 is 2.45 bits per heavy atom. The predicted molar refractivity (Wildman–Crippen MR) is 45.0 cm³/mol. The average molecular weight is 154 g/mol. The third-order valence-corrected chi connectivity index (χ3v) is 2.34. The van der Waals surface area contributed by atoms with E-state index >= 15 is 0 Å². The van der Waals surface area contributed by atoms with Gasteiger partial charge in [-0.2, -0.15) is 0 Å². The average Bonchev–Trinajstić information content (AvgIpc) is 2.37. The van der Waals surface area contributed by atoms with Crippen LogP contribution in [0.5, 0.6) is 0 Å². The standard InChI is InChI=1S/C9H16NO/c1-3-4-9-5-6-10(7-9)8(2)11/h9H,2-7H2,1H3. The molecular formula is C9H16NO. The van der Waals surface area contributed by atoms with Crippen LogP contribution in [0.1, 0.15) is 26.2 Å². The van der Waals surface area contributed by atoms with Crippen molar-refractivity contribution in [1.82, 2.24) is 4.90 Å². The molecule has 2 heteroatoms. The Bertz CT molecular complexity index is 144. The summed E-state index contributed by atoms with van der Waals surface area (Å²) in [4.78, 5) is 12.7. The number of carbonyl (C=O) groups excluding carboxylic acids is 1. The zero-order valence-corrected chi connectivity index (χ0v) is 7.18. The van der Waals surface area contributed by atoms with Crippen LogP contribution in [0.2, 0.25) is 0 Å². The first-order valence-electron chi connectivity index (χ1n) is 4.35. The van der Waals surface area contributed by atoms with E-state index in [0.717, 1.165) is 19.0 Å². The van der Waals surface area contributed by atoms with Gasteiger partial charge in [0.05, 0.1) is 0 Å². The fourth-order valence-corrected chi connectivity index (χ4v) is 1.70. The molecule has 11 heavy (non-hydrogen) atoms. The number of hydrogen-bond acceptors (Lipinski definition) is 1. The van der Waals surface area contributed by atoms with Crippen LogP contribution in [0.25, 0.3) is 0 Å². The van der Waals surface area contributed by atoms with Crippen LogP contribution >= 0.6 is 0 Å². The van der Waals surface area contributed by atoms with E-state index in [-0.39, 0.29) is 5.91 Å². The molecule has 0 aromatic rings. The van der Waals surface area contributed by atoms with Crippen LogP contribution < -0.4 is 0 Å². The Kier molecular flexibility index (Phi) is 2.92. The van der Waals surface area contributed by atoms with Gasteiger partial charge in [0.15, 0.2) is 0 Å². The molecule has 0 aromatic carbocycles. The number of hydrogen-bond donors (Lipinski definition) is 0. The van der Waals surface area contributed by atoms with Gasteiger partial charge < -0.3 is 4.90 Å². The zero-order valence-electron chi connectivity index (χ0n) is 7.18. The molecule has 63 valence electrons. The number of likely N-dealkylation sites (tertiary alicyclic amines) is 1. The van der Waals surface area contributed by atoms with Gasteiger partial charge in [-0.3, -0.25) is 4.79 Å². The third-order valence-electron chi connectivity index (χ3n) is 2.34. The summed E-state index contributed by atoms with van der Waals surface area (Å²) in [7, 11) is 0. The fraction of sp³-hybridized carbons (Fsp3) is 0.778. The van der Waals surface area contributed by atoms with Crippen LogP contribution in [0, 0.1) is 12.8 Å². The van der Waals surface area contributed by atoms with E-state index in [1.54, 1.807) is 0 Å². The van der Waals surface area contributed by atoms with Crippen molar-refractivity contribution in [2.75, 3.05) is 13.1 Å². The molecule has 1 saturated heterocycles. The topological polar surface area (TPSA) is 20.3 Å². The highest BCUT2D eigenvalue weighted by Gasteiger charge is 2.22. The van der Waals surface area contributed by atoms with E-state index in [2.05, 4.69) is 13.8 Å². The molecule has 0 saturated carbocycles. The Balaban J connectivity index is 2.29. The minimum atomic E-state index is -0.0106. The maximum atomic E-state index is 10.8. The lowest BCUT2D eigenvalue weighted by Crippen LogP contribution is -2.25. The van der Waals surface area contributed by atoms with Crippen molar-refractivity contribution in [3.63, 3.8) is 0 Å². The molecule has 1 aliphatic heterocycles. The number of amides is 1. The molecule has 0 N–H and O–H groups in total. The van der Waals surface area contributed by atoms with Gasteiger partial charge in [0.2, 0.25) is 5.91 Å². The summed E-state index contributed by atoms with van der Waals surface area (Å²) in [5.41, 5.74) is 0. The second kappa shape index (κ2) is 3.74. The van der Waals surface area contributed by atoms with Crippen molar-refractivity contribution < 1.29 is 4.79 Å². The summed E-state index contributed by atoms with van der Waals surface area (Å²) < 4.78 is 0. The van der Waals surface area contributed by atoms with Gasteiger partial charge in [0, 0.05) is 20.0 Å². The van der Waals surface area contributed by atoms with Crippen molar-refractivity contribution in [2.24, 2.45) is 5.92 Å². The first-order chi connectivity index (χ1) is 5.24. The van der Waals surface area contributed by atoms with E-state index in [4.69, 9.17) is 0 Å². The van der Waals surface area contributed by atoms with Crippen LogP contribution in [0.15, 0.2) is 0 Å². The molecule has 0 aliphatic carbocycles. The highest BCUT2D eigenvalue weighted by atomic mass is 16.2. The van der Waals surface area contributed by atoms with E-state index in [1.807, 2.05) is 4.90 Å². The minimum Gasteiger partial charge on any atom is -0.342 e. The first-order valence-corrected chi connectivity index (χ1v) is 4.35. The molecular weight excluding hydrogens is 138 g/mol. The Labute approximate surface area is 68.6 Å². The molecule has 1 heterocycles. The van der Waals surface area contributed by atoms with Gasteiger partial charge in [-0.1, -0.05) is 13.3 Å². The maximum Gasteiger partial charge on any atom is 0.223 e. The van der Waals surface area contributed by atoms with Gasteiger partial charge in [-0.15, -0.1) is 0 Å². The van der Waals surface area contributed by atoms with Gasteiger partial charge in [-0.05, 0) is 18.8 Å². The maximum absolute atomic E-state index is 10.8. The Morgan fingerprint density at radius 3 is 2.91 bits per heavy atom. The monoisotopic (exact) mass is 154 g/mol. The summed E-state index contributed by atoms with van der Waals surface area (Å²) in [5.74, 6) is 0.731. The van der Waals surface area contributed by atoms with Gasteiger partial charge in [-0.25, -0.2) is 0 Å². The normalized spacial score (nSPS) is 24.2. The molecule has 1 unspecified atom stereocenters. The summed E-state index contributed by atoms with van der Waals surface area (Å²) in [6, 6.07) is 0. The predicted octanol–water partition coefficient (Wildman–Crippen LogP) is 1.47. The van der Waals surface area contributed by atoms with Crippen molar-refractivity contribution in [1.29, 1.82) is 0 Å². The summed E-state index contributed by atoms with van der Waals surface area (Å²) >= 11 is 0. The van der Waals surface area contributed by atoms with Crippen molar-refractivity contribution in [3.05, 3.63) is 6.92 Å². The Morgan fingerprint density at radius 1 is 1.73 bits per heavy atom. The molecule has 0 bridgehead atoms. The molecule has 2 nitrogen and oxygen atoms in total. The fourth-order valence-electron chi connectivity index (χ4n) is 1.70. The van der Waals surface area contributed by atoms with Gasteiger partial charge >= 0.3 is 0 Å². The largest absolute Gasteiger partial charge is 0.342 e. The molecule has 0 aromatic heterocycles. The lowest BCUT2D eigenvalue weighted by molar-refractivity contribution is -0.125. The van der Waals surface area contributed by atoms with Crippen LogP contribution in [0.4, 0.5) is 0 Å².